The molecule has 2 N–H and O–H groups in total. The Morgan fingerprint density at radius 2 is 2.09 bits per heavy atom. The number of carbonyl (C=O) groups excluding carboxylic acids is 1. The maximum absolute atomic E-state index is 12.6. The molecule has 2 rings (SSSR count). The van der Waals surface area contributed by atoms with Crippen LogP contribution in [0.15, 0.2) is 24.3 Å². The van der Waals surface area contributed by atoms with Crippen molar-refractivity contribution in [2.75, 3.05) is 13.1 Å². The van der Waals surface area contributed by atoms with Gasteiger partial charge in [0.1, 0.15) is 0 Å². The van der Waals surface area contributed by atoms with Crippen molar-refractivity contribution in [3.8, 4) is 0 Å². The summed E-state index contributed by atoms with van der Waals surface area (Å²) >= 11 is 0. The molecule has 0 spiro atoms. The number of hydrogen-bond donors (Lipinski definition) is 2. The van der Waals surface area contributed by atoms with Gasteiger partial charge >= 0.3 is 0 Å². The fourth-order valence-electron chi connectivity index (χ4n) is 2.77. The van der Waals surface area contributed by atoms with E-state index in [2.05, 4.69) is 0 Å². The number of rotatable bonds is 4. The van der Waals surface area contributed by atoms with Crippen LogP contribution in [0, 0.1) is 0 Å². The number of carbonyl (C=O) groups is 1. The van der Waals surface area contributed by atoms with E-state index < -0.39 is 5.60 Å². The van der Waals surface area contributed by atoms with Crippen molar-refractivity contribution in [3.63, 3.8) is 0 Å². The molecule has 1 fully saturated rings. The first-order valence-corrected chi connectivity index (χ1v) is 8.14. The first-order chi connectivity index (χ1) is 10.3. The second-order valence-electron chi connectivity index (χ2n) is 6.89. The van der Waals surface area contributed by atoms with Gasteiger partial charge in [-0.25, -0.2) is 0 Å². The Morgan fingerprint density at radius 3 is 2.82 bits per heavy atom. The van der Waals surface area contributed by atoms with Crippen molar-refractivity contribution in [2.45, 2.75) is 57.7 Å². The van der Waals surface area contributed by atoms with E-state index in [1.807, 2.05) is 29.2 Å². The first-order valence-electron chi connectivity index (χ1n) is 8.14. The molecular weight excluding hydrogens is 278 g/mol. The molecule has 0 aromatic heterocycles. The van der Waals surface area contributed by atoms with E-state index in [9.17, 15) is 15.0 Å². The zero-order valence-corrected chi connectivity index (χ0v) is 13.6. The van der Waals surface area contributed by atoms with E-state index in [4.69, 9.17) is 0 Å². The fraction of sp³-hybridized carbons (Fsp3) is 0.611. The van der Waals surface area contributed by atoms with Crippen LogP contribution in [0.3, 0.4) is 0 Å². The lowest BCUT2D eigenvalue weighted by Crippen LogP contribution is -2.32. The number of nitrogens with zero attached hydrogens (tertiary/aromatic N) is 1. The summed E-state index contributed by atoms with van der Waals surface area (Å²) in [6.45, 7) is 4.92. The Labute approximate surface area is 132 Å². The van der Waals surface area contributed by atoms with Crippen LogP contribution in [0.5, 0.6) is 0 Å². The monoisotopic (exact) mass is 305 g/mol. The van der Waals surface area contributed by atoms with E-state index in [0.29, 0.717) is 31.5 Å². The Balaban J connectivity index is 2.03. The molecule has 22 heavy (non-hydrogen) atoms. The summed E-state index contributed by atoms with van der Waals surface area (Å²) < 4.78 is 0. The summed E-state index contributed by atoms with van der Waals surface area (Å²) in [5.41, 5.74) is 1.08. The molecule has 1 aromatic carbocycles. The molecule has 1 aliphatic heterocycles. The molecule has 1 atom stereocenters. The molecule has 1 saturated heterocycles. The number of aliphatic hydroxyl groups is 2. The van der Waals surface area contributed by atoms with E-state index in [0.717, 1.165) is 24.8 Å². The summed E-state index contributed by atoms with van der Waals surface area (Å²) in [6, 6.07) is 7.67. The van der Waals surface area contributed by atoms with Gasteiger partial charge in [-0.05, 0) is 63.6 Å². The fourth-order valence-corrected chi connectivity index (χ4v) is 2.77. The third-order valence-electron chi connectivity index (χ3n) is 4.18. The van der Waals surface area contributed by atoms with Crippen molar-refractivity contribution in [2.24, 2.45) is 0 Å². The van der Waals surface area contributed by atoms with Gasteiger partial charge in [0.05, 0.1) is 11.7 Å². The standard InChI is InChI=1S/C18H27NO3/c1-18(2,22)10-8-14-5-3-6-15(13-14)17(21)19-11-4-7-16(20)9-12-19/h3,5-6,13,16,20,22H,4,7-12H2,1-2H3/t16-/m0/s1. The zero-order chi connectivity index (χ0) is 16.2. The summed E-state index contributed by atoms with van der Waals surface area (Å²) in [5, 5.41) is 19.5. The molecule has 1 amide bonds. The van der Waals surface area contributed by atoms with Gasteiger partial charge in [-0.3, -0.25) is 4.79 Å². The largest absolute Gasteiger partial charge is 0.393 e. The minimum atomic E-state index is -0.694. The Bertz CT molecular complexity index is 507. The normalized spacial score (nSPS) is 19.8. The molecule has 1 aromatic rings. The highest BCUT2D eigenvalue weighted by Gasteiger charge is 2.20. The minimum absolute atomic E-state index is 0.0409. The summed E-state index contributed by atoms with van der Waals surface area (Å²) in [6.07, 6.45) is 3.42. The molecule has 4 nitrogen and oxygen atoms in total. The number of likely N-dealkylation sites (tertiary alicyclic amines) is 1. The van der Waals surface area contributed by atoms with Crippen LogP contribution >= 0.6 is 0 Å². The Kier molecular flexibility index (Phi) is 5.59. The highest BCUT2D eigenvalue weighted by Crippen LogP contribution is 2.17. The van der Waals surface area contributed by atoms with Gasteiger partial charge in [-0.2, -0.15) is 0 Å². The van der Waals surface area contributed by atoms with Gasteiger partial charge < -0.3 is 15.1 Å². The predicted octanol–water partition coefficient (Wildman–Crippen LogP) is 2.38. The topological polar surface area (TPSA) is 60.8 Å². The lowest BCUT2D eigenvalue weighted by atomic mass is 9.97. The number of hydrogen-bond acceptors (Lipinski definition) is 3. The SMILES string of the molecule is CC(C)(O)CCc1cccc(C(=O)N2CCC[C@H](O)CC2)c1. The first kappa shape index (κ1) is 17.0. The van der Waals surface area contributed by atoms with Gasteiger partial charge in [0, 0.05) is 18.7 Å². The van der Waals surface area contributed by atoms with Crippen LogP contribution in [0.25, 0.3) is 0 Å². The van der Waals surface area contributed by atoms with Crippen molar-refractivity contribution < 1.29 is 15.0 Å². The van der Waals surface area contributed by atoms with Crippen LogP contribution in [0.4, 0.5) is 0 Å². The van der Waals surface area contributed by atoms with Crippen molar-refractivity contribution in [1.82, 2.24) is 4.90 Å². The number of aliphatic hydroxyl groups excluding tert-OH is 1. The van der Waals surface area contributed by atoms with Gasteiger partial charge in [-0.1, -0.05) is 12.1 Å². The lowest BCUT2D eigenvalue weighted by molar-refractivity contribution is 0.0714. The van der Waals surface area contributed by atoms with E-state index in [1.54, 1.807) is 13.8 Å². The van der Waals surface area contributed by atoms with E-state index >= 15 is 0 Å². The van der Waals surface area contributed by atoms with Gasteiger partial charge in [0.25, 0.3) is 5.91 Å². The van der Waals surface area contributed by atoms with Crippen LogP contribution in [0.1, 0.15) is 55.5 Å². The molecule has 0 radical (unpaired) electrons. The van der Waals surface area contributed by atoms with Gasteiger partial charge in [0.2, 0.25) is 0 Å². The molecule has 0 aliphatic carbocycles. The smallest absolute Gasteiger partial charge is 0.253 e. The third kappa shape index (κ3) is 5.11. The van der Waals surface area contributed by atoms with Gasteiger partial charge in [-0.15, -0.1) is 0 Å². The van der Waals surface area contributed by atoms with Crippen molar-refractivity contribution in [1.29, 1.82) is 0 Å². The Morgan fingerprint density at radius 1 is 1.32 bits per heavy atom. The maximum atomic E-state index is 12.6. The van der Waals surface area contributed by atoms with Crippen LogP contribution < -0.4 is 0 Å². The summed E-state index contributed by atoms with van der Waals surface area (Å²) in [4.78, 5) is 14.4. The predicted molar refractivity (Wildman–Crippen MR) is 86.8 cm³/mol. The molecule has 0 saturated carbocycles. The maximum Gasteiger partial charge on any atom is 0.253 e. The third-order valence-corrected chi connectivity index (χ3v) is 4.18. The van der Waals surface area contributed by atoms with Crippen molar-refractivity contribution >= 4 is 5.91 Å². The average molecular weight is 305 g/mol. The second kappa shape index (κ2) is 7.25. The number of amides is 1. The lowest BCUT2D eigenvalue weighted by Gasteiger charge is -2.21. The van der Waals surface area contributed by atoms with Crippen LogP contribution in [-0.2, 0) is 6.42 Å². The highest BCUT2D eigenvalue weighted by molar-refractivity contribution is 5.94. The molecule has 0 bridgehead atoms. The summed E-state index contributed by atoms with van der Waals surface area (Å²) in [7, 11) is 0. The average Bonchev–Trinajstić information content (AvgIpc) is 2.69. The van der Waals surface area contributed by atoms with Crippen LogP contribution in [-0.4, -0.2) is 45.8 Å². The van der Waals surface area contributed by atoms with Crippen LogP contribution in [0.2, 0.25) is 0 Å². The van der Waals surface area contributed by atoms with E-state index in [-0.39, 0.29) is 12.0 Å². The van der Waals surface area contributed by atoms with Gasteiger partial charge in [0.15, 0.2) is 0 Å². The molecule has 0 unspecified atom stereocenters. The quantitative estimate of drug-likeness (QED) is 0.898. The minimum Gasteiger partial charge on any atom is -0.393 e. The number of benzene rings is 1. The van der Waals surface area contributed by atoms with Crippen molar-refractivity contribution in [3.05, 3.63) is 35.4 Å². The molecule has 4 heteroatoms. The molecular formula is C18H27NO3. The molecule has 1 aliphatic rings. The van der Waals surface area contributed by atoms with E-state index in [1.165, 1.54) is 0 Å². The molecule has 122 valence electrons. The second-order valence-corrected chi connectivity index (χ2v) is 6.89. The number of aryl methyl sites for hydroxylation is 1. The summed E-state index contributed by atoms with van der Waals surface area (Å²) in [5.74, 6) is 0.0409. The molecule has 1 heterocycles. The Hall–Kier alpha value is -1.39. The highest BCUT2D eigenvalue weighted by atomic mass is 16.3. The zero-order valence-electron chi connectivity index (χ0n) is 13.6.